The van der Waals surface area contributed by atoms with Crippen LogP contribution in [0.15, 0.2) is 48.5 Å². The normalized spacial score (nSPS) is 14.9. The van der Waals surface area contributed by atoms with Crippen LogP contribution in [0.25, 0.3) is 6.08 Å². The van der Waals surface area contributed by atoms with Gasteiger partial charge in [0.25, 0.3) is 0 Å². The number of amides is 2. The number of hydrogen-bond donors (Lipinski definition) is 1. The molecule has 5 nitrogen and oxygen atoms in total. The van der Waals surface area contributed by atoms with Gasteiger partial charge in [0.1, 0.15) is 5.82 Å². The highest BCUT2D eigenvalue weighted by Crippen LogP contribution is 2.21. The van der Waals surface area contributed by atoms with Crippen LogP contribution in [0.3, 0.4) is 0 Å². The third-order valence-electron chi connectivity index (χ3n) is 4.59. The molecule has 0 aliphatic carbocycles. The first kappa shape index (κ1) is 21.3. The van der Waals surface area contributed by atoms with Crippen LogP contribution in [0.5, 0.6) is 0 Å². The molecular weight excluding hydrogens is 416 g/mol. The van der Waals surface area contributed by atoms with Crippen LogP contribution in [0.2, 0.25) is 10.0 Å². The Morgan fingerprint density at radius 1 is 1.00 bits per heavy atom. The Kier molecular flexibility index (Phi) is 7.25. The molecule has 0 radical (unpaired) electrons. The molecule has 0 atom stereocenters. The van der Waals surface area contributed by atoms with Crippen LogP contribution in [-0.2, 0) is 9.59 Å². The topological polar surface area (TPSA) is 52.7 Å². The van der Waals surface area contributed by atoms with Gasteiger partial charge in [-0.3, -0.25) is 14.5 Å². The summed E-state index contributed by atoms with van der Waals surface area (Å²) in [5.74, 6) is -0.854. The fourth-order valence-electron chi connectivity index (χ4n) is 3.01. The number of anilines is 1. The lowest BCUT2D eigenvalue weighted by Gasteiger charge is -2.33. The number of benzene rings is 2. The zero-order chi connectivity index (χ0) is 20.8. The fourth-order valence-corrected chi connectivity index (χ4v) is 3.42. The number of hydrogen-bond acceptors (Lipinski definition) is 3. The van der Waals surface area contributed by atoms with Gasteiger partial charge in [0.15, 0.2) is 0 Å². The lowest BCUT2D eigenvalue weighted by molar-refractivity contribution is -0.127. The van der Waals surface area contributed by atoms with Gasteiger partial charge in [-0.2, -0.15) is 0 Å². The number of rotatable bonds is 5. The molecule has 1 saturated heterocycles. The molecule has 2 amide bonds. The van der Waals surface area contributed by atoms with E-state index >= 15 is 0 Å². The number of carbonyl (C=O) groups excluding carboxylic acids is 2. The zero-order valence-electron chi connectivity index (χ0n) is 15.6. The summed E-state index contributed by atoms with van der Waals surface area (Å²) < 4.78 is 13.8. The molecule has 1 heterocycles. The van der Waals surface area contributed by atoms with Crippen molar-refractivity contribution < 1.29 is 14.0 Å². The fraction of sp³-hybridized carbons (Fsp3) is 0.238. The van der Waals surface area contributed by atoms with Crippen LogP contribution in [0.4, 0.5) is 10.1 Å². The van der Waals surface area contributed by atoms with Crippen molar-refractivity contribution in [2.24, 2.45) is 0 Å². The summed E-state index contributed by atoms with van der Waals surface area (Å²) in [4.78, 5) is 28.2. The van der Waals surface area contributed by atoms with E-state index in [1.165, 1.54) is 24.3 Å². The number of piperazine rings is 1. The van der Waals surface area contributed by atoms with Gasteiger partial charge < -0.3 is 10.2 Å². The van der Waals surface area contributed by atoms with E-state index < -0.39 is 5.82 Å². The SMILES string of the molecule is O=C(CN1CCN(C(=O)C=Cc2c(F)cccc2Cl)CC1)Nc1ccccc1Cl. The Morgan fingerprint density at radius 3 is 2.38 bits per heavy atom. The van der Waals surface area contributed by atoms with Crippen molar-refractivity contribution in [2.45, 2.75) is 0 Å². The Balaban J connectivity index is 1.48. The van der Waals surface area contributed by atoms with E-state index in [9.17, 15) is 14.0 Å². The minimum absolute atomic E-state index is 0.160. The van der Waals surface area contributed by atoms with E-state index in [2.05, 4.69) is 5.32 Å². The Morgan fingerprint density at radius 2 is 1.69 bits per heavy atom. The summed E-state index contributed by atoms with van der Waals surface area (Å²) in [5.41, 5.74) is 0.766. The van der Waals surface area contributed by atoms with Crippen molar-refractivity contribution in [1.29, 1.82) is 0 Å². The van der Waals surface area contributed by atoms with Crippen LogP contribution in [0.1, 0.15) is 5.56 Å². The maximum atomic E-state index is 13.8. The second-order valence-electron chi connectivity index (χ2n) is 6.60. The van der Waals surface area contributed by atoms with Gasteiger partial charge in [0.05, 0.1) is 22.3 Å². The lowest BCUT2D eigenvalue weighted by atomic mass is 10.2. The molecule has 2 aromatic carbocycles. The Hall–Kier alpha value is -2.41. The molecule has 0 unspecified atom stereocenters. The number of nitrogens with one attached hydrogen (secondary N) is 1. The highest BCUT2D eigenvalue weighted by atomic mass is 35.5. The predicted molar refractivity (Wildman–Crippen MR) is 114 cm³/mol. The second kappa shape index (κ2) is 9.87. The van der Waals surface area contributed by atoms with Crippen LogP contribution < -0.4 is 5.32 Å². The lowest BCUT2D eigenvalue weighted by Crippen LogP contribution is -2.50. The van der Waals surface area contributed by atoms with Gasteiger partial charge in [-0.25, -0.2) is 4.39 Å². The molecular formula is C21H20Cl2FN3O2. The molecule has 0 bridgehead atoms. The van der Waals surface area contributed by atoms with E-state index in [0.717, 1.165) is 0 Å². The summed E-state index contributed by atoms with van der Waals surface area (Å²) >= 11 is 12.0. The van der Waals surface area contributed by atoms with Crippen molar-refractivity contribution in [3.8, 4) is 0 Å². The third-order valence-corrected chi connectivity index (χ3v) is 5.25. The predicted octanol–water partition coefficient (Wildman–Crippen LogP) is 3.93. The monoisotopic (exact) mass is 435 g/mol. The van der Waals surface area contributed by atoms with Crippen LogP contribution in [0, 0.1) is 5.82 Å². The average molecular weight is 436 g/mol. The van der Waals surface area contributed by atoms with Gasteiger partial charge >= 0.3 is 0 Å². The molecule has 29 heavy (non-hydrogen) atoms. The summed E-state index contributed by atoms with van der Waals surface area (Å²) in [6, 6.07) is 11.4. The molecule has 0 aromatic heterocycles. The molecule has 0 spiro atoms. The van der Waals surface area contributed by atoms with E-state index in [-0.39, 0.29) is 28.9 Å². The standard InChI is InChI=1S/C21H20Cl2FN3O2/c22-16-5-3-6-18(24)15(16)8-9-21(29)27-12-10-26(11-13-27)14-20(28)25-19-7-2-1-4-17(19)23/h1-9H,10-14H2,(H,25,28). The number of para-hydroxylation sites is 1. The molecule has 2 aromatic rings. The minimum Gasteiger partial charge on any atom is -0.337 e. The first-order chi connectivity index (χ1) is 13.9. The number of carbonyl (C=O) groups is 2. The largest absolute Gasteiger partial charge is 0.337 e. The average Bonchev–Trinajstić information content (AvgIpc) is 2.70. The summed E-state index contributed by atoms with van der Waals surface area (Å²) in [6.45, 7) is 2.31. The second-order valence-corrected chi connectivity index (χ2v) is 7.41. The molecule has 1 aliphatic rings. The van der Waals surface area contributed by atoms with Crippen molar-refractivity contribution in [1.82, 2.24) is 9.80 Å². The van der Waals surface area contributed by atoms with Gasteiger partial charge in [-0.05, 0) is 30.3 Å². The molecule has 1 N–H and O–H groups in total. The molecule has 152 valence electrons. The number of nitrogens with zero attached hydrogens (tertiary/aromatic N) is 2. The molecule has 1 aliphatic heterocycles. The molecule has 0 saturated carbocycles. The maximum Gasteiger partial charge on any atom is 0.246 e. The zero-order valence-corrected chi connectivity index (χ0v) is 17.1. The van der Waals surface area contributed by atoms with E-state index in [4.69, 9.17) is 23.2 Å². The van der Waals surface area contributed by atoms with E-state index in [1.54, 1.807) is 35.2 Å². The van der Waals surface area contributed by atoms with Crippen molar-refractivity contribution in [3.63, 3.8) is 0 Å². The maximum absolute atomic E-state index is 13.8. The van der Waals surface area contributed by atoms with E-state index in [1.807, 2.05) is 4.90 Å². The van der Waals surface area contributed by atoms with Gasteiger partial charge in [-0.15, -0.1) is 0 Å². The third kappa shape index (κ3) is 5.79. The molecule has 8 heteroatoms. The summed E-state index contributed by atoms with van der Waals surface area (Å²) in [6.07, 6.45) is 2.72. The first-order valence-electron chi connectivity index (χ1n) is 9.12. The molecule has 3 rings (SSSR count). The van der Waals surface area contributed by atoms with Gasteiger partial charge in [0.2, 0.25) is 11.8 Å². The van der Waals surface area contributed by atoms with Crippen LogP contribution >= 0.6 is 23.2 Å². The first-order valence-corrected chi connectivity index (χ1v) is 9.87. The van der Waals surface area contributed by atoms with Crippen molar-refractivity contribution in [3.05, 3.63) is 70.0 Å². The summed E-state index contributed by atoms with van der Waals surface area (Å²) in [5, 5.41) is 3.53. The molecule has 1 fully saturated rings. The van der Waals surface area contributed by atoms with Crippen molar-refractivity contribution in [2.75, 3.05) is 38.0 Å². The van der Waals surface area contributed by atoms with Gasteiger partial charge in [-0.1, -0.05) is 41.4 Å². The highest BCUT2D eigenvalue weighted by molar-refractivity contribution is 6.33. The van der Waals surface area contributed by atoms with Crippen molar-refractivity contribution >= 4 is 46.8 Å². The number of halogens is 3. The minimum atomic E-state index is -0.476. The summed E-state index contributed by atoms with van der Waals surface area (Å²) in [7, 11) is 0. The highest BCUT2D eigenvalue weighted by Gasteiger charge is 2.21. The quantitative estimate of drug-likeness (QED) is 0.723. The smallest absolute Gasteiger partial charge is 0.246 e. The van der Waals surface area contributed by atoms with Gasteiger partial charge in [0, 0.05) is 37.8 Å². The van der Waals surface area contributed by atoms with Crippen LogP contribution in [-0.4, -0.2) is 54.3 Å². The Labute approximate surface area is 178 Å². The Bertz CT molecular complexity index is 908. The van der Waals surface area contributed by atoms with E-state index in [0.29, 0.717) is 36.9 Å².